The van der Waals surface area contributed by atoms with Crippen LogP contribution in [0.4, 0.5) is 0 Å². The maximum Gasteiger partial charge on any atom is 0.258 e. The number of rotatable bonds is 1. The summed E-state index contributed by atoms with van der Waals surface area (Å²) in [5.41, 5.74) is 1.15. The molecule has 0 aliphatic heterocycles. The predicted octanol–water partition coefficient (Wildman–Crippen LogP) is 1.28. The first kappa shape index (κ1) is 9.71. The molecular formula is C11H8N4O2. The summed E-state index contributed by atoms with van der Waals surface area (Å²) in [5, 5.41) is 8.15. The summed E-state index contributed by atoms with van der Waals surface area (Å²) in [6.07, 6.45) is 1.38. The lowest BCUT2D eigenvalue weighted by atomic mass is 10.1. The van der Waals surface area contributed by atoms with Crippen LogP contribution in [-0.2, 0) is 0 Å². The van der Waals surface area contributed by atoms with Gasteiger partial charge >= 0.3 is 0 Å². The average molecular weight is 228 g/mol. The van der Waals surface area contributed by atoms with Crippen LogP contribution < -0.4 is 5.56 Å². The largest absolute Gasteiger partial charge is 0.421 e. The lowest BCUT2D eigenvalue weighted by molar-refractivity contribution is 0.533. The van der Waals surface area contributed by atoms with Gasteiger partial charge in [0.15, 0.2) is 0 Å². The molecule has 0 aliphatic rings. The number of aromatic nitrogens is 4. The smallest absolute Gasteiger partial charge is 0.258 e. The lowest BCUT2D eigenvalue weighted by Crippen LogP contribution is -2.05. The number of nitrogens with one attached hydrogen (secondary N) is 1. The minimum atomic E-state index is -0.187. The normalized spacial score (nSPS) is 10.9. The van der Waals surface area contributed by atoms with Crippen molar-refractivity contribution < 1.29 is 4.42 Å². The Bertz CT molecular complexity index is 744. The Morgan fingerprint density at radius 3 is 2.94 bits per heavy atom. The van der Waals surface area contributed by atoms with Crippen LogP contribution in [0.15, 0.2) is 33.7 Å². The molecular weight excluding hydrogens is 220 g/mol. The molecule has 0 atom stereocenters. The first-order valence-corrected chi connectivity index (χ1v) is 5.02. The summed E-state index contributed by atoms with van der Waals surface area (Å²) in [7, 11) is 0. The van der Waals surface area contributed by atoms with E-state index in [2.05, 4.69) is 20.2 Å². The third-order valence-corrected chi connectivity index (χ3v) is 2.41. The molecule has 3 rings (SSSR count). The molecule has 6 nitrogen and oxygen atoms in total. The maximum atomic E-state index is 11.6. The van der Waals surface area contributed by atoms with E-state index >= 15 is 0 Å². The molecule has 1 N–H and O–H groups in total. The van der Waals surface area contributed by atoms with Crippen molar-refractivity contribution in [3.8, 4) is 11.5 Å². The van der Waals surface area contributed by atoms with E-state index < -0.39 is 0 Å². The molecule has 3 aromatic rings. The predicted molar refractivity (Wildman–Crippen MR) is 60.4 cm³/mol. The molecule has 0 saturated carbocycles. The molecule has 84 valence electrons. The van der Waals surface area contributed by atoms with Crippen molar-refractivity contribution in [3.05, 3.63) is 40.8 Å². The van der Waals surface area contributed by atoms with Crippen LogP contribution in [0.5, 0.6) is 0 Å². The highest BCUT2D eigenvalue weighted by atomic mass is 16.4. The van der Waals surface area contributed by atoms with E-state index in [9.17, 15) is 4.79 Å². The zero-order valence-corrected chi connectivity index (χ0v) is 8.97. The van der Waals surface area contributed by atoms with Gasteiger partial charge in [-0.15, -0.1) is 10.2 Å². The number of nitrogens with zero attached hydrogens (tertiary/aromatic N) is 3. The maximum absolute atomic E-state index is 11.6. The highest BCUT2D eigenvalue weighted by Crippen LogP contribution is 2.20. The number of benzene rings is 1. The quantitative estimate of drug-likeness (QED) is 0.678. The molecule has 0 radical (unpaired) electrons. The fourth-order valence-corrected chi connectivity index (χ4v) is 1.61. The molecule has 17 heavy (non-hydrogen) atoms. The number of H-pyrrole nitrogens is 1. The van der Waals surface area contributed by atoms with Gasteiger partial charge in [-0.2, -0.15) is 0 Å². The summed E-state index contributed by atoms with van der Waals surface area (Å²) in [6.45, 7) is 1.71. The number of hydrogen-bond acceptors (Lipinski definition) is 5. The second kappa shape index (κ2) is 3.51. The Hall–Kier alpha value is -2.50. The van der Waals surface area contributed by atoms with Crippen LogP contribution in [0.3, 0.4) is 0 Å². The molecule has 0 saturated heterocycles. The zero-order chi connectivity index (χ0) is 11.8. The molecule has 1 aromatic carbocycles. The van der Waals surface area contributed by atoms with E-state index in [0.29, 0.717) is 28.2 Å². The Balaban J connectivity index is 2.26. The average Bonchev–Trinajstić information content (AvgIpc) is 2.76. The van der Waals surface area contributed by atoms with Crippen LogP contribution in [0, 0.1) is 6.92 Å². The summed E-state index contributed by atoms with van der Waals surface area (Å²) < 4.78 is 5.30. The van der Waals surface area contributed by atoms with Crippen molar-refractivity contribution in [1.29, 1.82) is 0 Å². The monoisotopic (exact) mass is 228 g/mol. The number of aryl methyl sites for hydroxylation is 1. The first-order valence-electron chi connectivity index (χ1n) is 5.02. The van der Waals surface area contributed by atoms with E-state index in [1.54, 1.807) is 25.1 Å². The highest BCUT2D eigenvalue weighted by Gasteiger charge is 2.08. The number of fused-ring (bicyclic) bond motifs is 1. The van der Waals surface area contributed by atoms with Crippen molar-refractivity contribution in [1.82, 2.24) is 20.2 Å². The van der Waals surface area contributed by atoms with Gasteiger partial charge in [-0.25, -0.2) is 4.98 Å². The highest BCUT2D eigenvalue weighted by molar-refractivity contribution is 5.81. The second-order valence-corrected chi connectivity index (χ2v) is 3.59. The number of hydrogen-bond donors (Lipinski definition) is 1. The molecule has 0 fully saturated rings. The van der Waals surface area contributed by atoms with Crippen molar-refractivity contribution >= 4 is 10.9 Å². The van der Waals surface area contributed by atoms with Gasteiger partial charge in [-0.05, 0) is 18.2 Å². The minimum Gasteiger partial charge on any atom is -0.421 e. The Labute approximate surface area is 95.3 Å². The van der Waals surface area contributed by atoms with Gasteiger partial charge in [0.1, 0.15) is 0 Å². The minimum absolute atomic E-state index is 0.187. The van der Waals surface area contributed by atoms with E-state index in [4.69, 9.17) is 4.42 Å². The van der Waals surface area contributed by atoms with Crippen LogP contribution in [-0.4, -0.2) is 20.2 Å². The molecule has 0 aliphatic carbocycles. The fraction of sp³-hybridized carbons (Fsp3) is 0.0909. The van der Waals surface area contributed by atoms with E-state index in [1.165, 1.54) is 6.33 Å². The molecule has 2 heterocycles. The summed E-state index contributed by atoms with van der Waals surface area (Å²) >= 11 is 0. The van der Waals surface area contributed by atoms with E-state index in [0.717, 1.165) is 0 Å². The summed E-state index contributed by atoms with van der Waals surface area (Å²) in [6, 6.07) is 5.23. The van der Waals surface area contributed by atoms with Crippen LogP contribution in [0.1, 0.15) is 5.89 Å². The molecule has 0 spiro atoms. The Kier molecular flexibility index (Phi) is 2.01. The Morgan fingerprint density at radius 1 is 1.29 bits per heavy atom. The SMILES string of the molecule is Cc1nnc(-c2ccc3nc[nH]c(=O)c3c2)o1. The molecule has 2 aromatic heterocycles. The molecule has 0 unspecified atom stereocenters. The van der Waals surface area contributed by atoms with Gasteiger partial charge in [-0.3, -0.25) is 4.79 Å². The van der Waals surface area contributed by atoms with Crippen LogP contribution in [0.25, 0.3) is 22.4 Å². The third-order valence-electron chi connectivity index (χ3n) is 2.41. The molecule has 0 bridgehead atoms. The summed E-state index contributed by atoms with van der Waals surface area (Å²) in [4.78, 5) is 18.2. The van der Waals surface area contributed by atoms with Crippen molar-refractivity contribution in [2.75, 3.05) is 0 Å². The van der Waals surface area contributed by atoms with E-state index in [-0.39, 0.29) is 5.56 Å². The number of aromatic amines is 1. The van der Waals surface area contributed by atoms with Crippen LogP contribution in [0.2, 0.25) is 0 Å². The fourth-order valence-electron chi connectivity index (χ4n) is 1.61. The van der Waals surface area contributed by atoms with E-state index in [1.807, 2.05) is 0 Å². The zero-order valence-electron chi connectivity index (χ0n) is 8.97. The van der Waals surface area contributed by atoms with Gasteiger partial charge in [0.05, 0.1) is 17.2 Å². The second-order valence-electron chi connectivity index (χ2n) is 3.59. The van der Waals surface area contributed by atoms with Gasteiger partial charge in [-0.1, -0.05) is 0 Å². The molecule has 6 heteroatoms. The summed E-state index contributed by atoms with van der Waals surface area (Å²) in [5.74, 6) is 0.882. The van der Waals surface area contributed by atoms with Gasteiger partial charge < -0.3 is 9.40 Å². The van der Waals surface area contributed by atoms with Gasteiger partial charge in [0.25, 0.3) is 5.56 Å². The van der Waals surface area contributed by atoms with Crippen molar-refractivity contribution in [2.24, 2.45) is 0 Å². The topological polar surface area (TPSA) is 84.7 Å². The van der Waals surface area contributed by atoms with Gasteiger partial charge in [0.2, 0.25) is 11.8 Å². The van der Waals surface area contributed by atoms with Crippen molar-refractivity contribution in [2.45, 2.75) is 6.92 Å². The lowest BCUT2D eigenvalue weighted by Gasteiger charge is -1.97. The first-order chi connectivity index (χ1) is 8.24. The Morgan fingerprint density at radius 2 is 2.18 bits per heavy atom. The van der Waals surface area contributed by atoms with Crippen LogP contribution >= 0.6 is 0 Å². The molecule has 0 amide bonds. The van der Waals surface area contributed by atoms with Crippen molar-refractivity contribution in [3.63, 3.8) is 0 Å². The standard InChI is InChI=1S/C11H8N4O2/c1-6-14-15-11(17-6)7-2-3-9-8(4-7)10(16)13-5-12-9/h2-5H,1H3,(H,12,13,16). The third kappa shape index (κ3) is 1.59. The van der Waals surface area contributed by atoms with Gasteiger partial charge in [0, 0.05) is 12.5 Å².